The zero-order chi connectivity index (χ0) is 12.4. The maximum absolute atomic E-state index is 13.1. The monoisotopic (exact) mass is 253 g/mol. The van der Waals surface area contributed by atoms with E-state index in [2.05, 4.69) is 10.2 Å². The second kappa shape index (κ2) is 4.85. The fourth-order valence-corrected chi connectivity index (χ4v) is 2.36. The fraction of sp³-hybridized carbons (Fsp3) is 0.273. The minimum absolute atomic E-state index is 0.358. The van der Waals surface area contributed by atoms with Crippen LogP contribution in [0, 0.1) is 5.82 Å². The Morgan fingerprint density at radius 2 is 2.24 bits per heavy atom. The summed E-state index contributed by atoms with van der Waals surface area (Å²) in [6.45, 7) is 1.61. The summed E-state index contributed by atoms with van der Waals surface area (Å²) in [5.74, 6) is -0.358. The molecule has 2 rings (SSSR count). The Balaban J connectivity index is 2.36. The lowest BCUT2D eigenvalue weighted by Crippen LogP contribution is -1.96. The number of nitrogens with zero attached hydrogens (tertiary/aromatic N) is 3. The zero-order valence-corrected chi connectivity index (χ0v) is 10.3. The van der Waals surface area contributed by atoms with Crippen molar-refractivity contribution in [2.75, 3.05) is 0 Å². The molecular formula is C11H12FN3OS. The predicted octanol–water partition coefficient (Wildman–Crippen LogP) is 2.16. The Morgan fingerprint density at radius 3 is 2.82 bits per heavy atom. The number of rotatable bonds is 3. The van der Waals surface area contributed by atoms with Gasteiger partial charge in [0.05, 0.1) is 6.10 Å². The van der Waals surface area contributed by atoms with Crippen molar-refractivity contribution >= 4 is 11.8 Å². The first-order valence-corrected chi connectivity index (χ1v) is 5.89. The molecule has 1 aromatic carbocycles. The van der Waals surface area contributed by atoms with Crippen LogP contribution in [0.4, 0.5) is 4.39 Å². The van der Waals surface area contributed by atoms with Gasteiger partial charge in [-0.05, 0) is 42.4 Å². The highest BCUT2D eigenvalue weighted by atomic mass is 32.2. The highest BCUT2D eigenvalue weighted by Crippen LogP contribution is 2.32. The highest BCUT2D eigenvalue weighted by molar-refractivity contribution is 7.99. The molecule has 6 heteroatoms. The van der Waals surface area contributed by atoms with E-state index in [9.17, 15) is 9.50 Å². The first-order valence-electron chi connectivity index (χ1n) is 5.07. The summed E-state index contributed by atoms with van der Waals surface area (Å²) in [6, 6.07) is 4.34. The number of aliphatic hydroxyl groups is 1. The van der Waals surface area contributed by atoms with Crippen molar-refractivity contribution < 1.29 is 9.50 Å². The lowest BCUT2D eigenvalue weighted by atomic mass is 10.1. The summed E-state index contributed by atoms with van der Waals surface area (Å²) in [4.78, 5) is 0.775. The standard InChI is InChI=1S/C11H12FN3OS/c1-7(16)9-5-8(12)3-4-10(9)17-11-14-13-6-15(11)2/h3-7,16H,1-2H3/t7-/m1/s1. The number of aromatic nitrogens is 3. The van der Waals surface area contributed by atoms with Crippen molar-refractivity contribution in [1.29, 1.82) is 0 Å². The molecular weight excluding hydrogens is 241 g/mol. The van der Waals surface area contributed by atoms with Crippen LogP contribution in [-0.4, -0.2) is 19.9 Å². The van der Waals surface area contributed by atoms with E-state index in [1.54, 1.807) is 23.9 Å². The molecule has 1 aromatic heterocycles. The molecule has 1 heterocycles. The molecule has 0 unspecified atom stereocenters. The van der Waals surface area contributed by atoms with E-state index >= 15 is 0 Å². The van der Waals surface area contributed by atoms with Crippen LogP contribution < -0.4 is 0 Å². The van der Waals surface area contributed by atoms with E-state index in [4.69, 9.17) is 0 Å². The van der Waals surface area contributed by atoms with Crippen molar-refractivity contribution in [2.24, 2.45) is 7.05 Å². The molecule has 90 valence electrons. The number of aryl methyl sites for hydroxylation is 1. The number of hydrogen-bond donors (Lipinski definition) is 1. The Labute approximate surface area is 102 Å². The molecule has 0 saturated carbocycles. The van der Waals surface area contributed by atoms with E-state index in [0.717, 1.165) is 4.90 Å². The Kier molecular flexibility index (Phi) is 3.44. The van der Waals surface area contributed by atoms with Crippen molar-refractivity contribution in [2.45, 2.75) is 23.1 Å². The van der Waals surface area contributed by atoms with Crippen LogP contribution in [-0.2, 0) is 7.05 Å². The van der Waals surface area contributed by atoms with Crippen molar-refractivity contribution in [1.82, 2.24) is 14.8 Å². The van der Waals surface area contributed by atoms with Gasteiger partial charge < -0.3 is 9.67 Å². The highest BCUT2D eigenvalue weighted by Gasteiger charge is 2.12. The molecule has 2 aromatic rings. The number of aliphatic hydroxyl groups excluding tert-OH is 1. The van der Waals surface area contributed by atoms with E-state index in [1.165, 1.54) is 23.9 Å². The molecule has 0 amide bonds. The van der Waals surface area contributed by atoms with Gasteiger partial charge >= 0.3 is 0 Å². The minimum Gasteiger partial charge on any atom is -0.389 e. The predicted molar refractivity (Wildman–Crippen MR) is 62.2 cm³/mol. The fourth-order valence-electron chi connectivity index (χ4n) is 1.40. The molecule has 0 bridgehead atoms. The molecule has 0 spiro atoms. The van der Waals surface area contributed by atoms with Gasteiger partial charge in [-0.2, -0.15) is 0 Å². The second-order valence-electron chi connectivity index (χ2n) is 3.68. The minimum atomic E-state index is -0.721. The molecule has 1 N–H and O–H groups in total. The third-order valence-corrected chi connectivity index (χ3v) is 3.44. The smallest absolute Gasteiger partial charge is 0.195 e. The number of benzene rings is 1. The van der Waals surface area contributed by atoms with E-state index in [0.29, 0.717) is 10.7 Å². The lowest BCUT2D eigenvalue weighted by Gasteiger charge is -2.10. The molecule has 0 aliphatic carbocycles. The van der Waals surface area contributed by atoms with Crippen LogP contribution in [0.1, 0.15) is 18.6 Å². The molecule has 0 aliphatic heterocycles. The molecule has 0 aliphatic rings. The van der Waals surface area contributed by atoms with Crippen LogP contribution in [0.5, 0.6) is 0 Å². The number of halogens is 1. The van der Waals surface area contributed by atoms with Crippen molar-refractivity contribution in [3.8, 4) is 0 Å². The Hall–Kier alpha value is -1.40. The van der Waals surface area contributed by atoms with Gasteiger partial charge in [0.1, 0.15) is 12.1 Å². The molecule has 1 atom stereocenters. The molecule has 4 nitrogen and oxygen atoms in total. The average Bonchev–Trinajstić information content (AvgIpc) is 2.67. The van der Waals surface area contributed by atoms with Gasteiger partial charge in [-0.3, -0.25) is 0 Å². The first kappa shape index (κ1) is 12.1. The maximum Gasteiger partial charge on any atom is 0.195 e. The van der Waals surface area contributed by atoms with Gasteiger partial charge in [-0.25, -0.2) is 4.39 Å². The quantitative estimate of drug-likeness (QED) is 0.910. The van der Waals surface area contributed by atoms with Crippen LogP contribution in [0.25, 0.3) is 0 Å². The van der Waals surface area contributed by atoms with Gasteiger partial charge in [0.2, 0.25) is 0 Å². The van der Waals surface area contributed by atoms with Crippen LogP contribution in [0.15, 0.2) is 34.6 Å². The van der Waals surface area contributed by atoms with Gasteiger partial charge in [-0.15, -0.1) is 10.2 Å². The van der Waals surface area contributed by atoms with Crippen molar-refractivity contribution in [3.05, 3.63) is 35.9 Å². The largest absolute Gasteiger partial charge is 0.389 e. The SMILES string of the molecule is C[C@@H](O)c1cc(F)ccc1Sc1nncn1C. The first-order chi connectivity index (χ1) is 8.08. The van der Waals surface area contributed by atoms with Crippen LogP contribution in [0.2, 0.25) is 0 Å². The molecule has 17 heavy (non-hydrogen) atoms. The summed E-state index contributed by atoms with van der Waals surface area (Å²) in [6.07, 6.45) is 0.870. The number of hydrogen-bond acceptors (Lipinski definition) is 4. The molecule has 0 saturated heterocycles. The summed E-state index contributed by atoms with van der Waals surface area (Å²) in [5, 5.41) is 18.0. The third kappa shape index (κ3) is 2.65. The molecule has 0 radical (unpaired) electrons. The van der Waals surface area contributed by atoms with Crippen molar-refractivity contribution in [3.63, 3.8) is 0 Å². The normalized spacial score (nSPS) is 12.7. The average molecular weight is 253 g/mol. The second-order valence-corrected chi connectivity index (χ2v) is 4.69. The summed E-state index contributed by atoms with van der Waals surface area (Å²) in [7, 11) is 1.83. The maximum atomic E-state index is 13.1. The summed E-state index contributed by atoms with van der Waals surface area (Å²) >= 11 is 1.35. The molecule has 0 fully saturated rings. The lowest BCUT2D eigenvalue weighted by molar-refractivity contribution is 0.196. The van der Waals surface area contributed by atoms with Crippen LogP contribution in [0.3, 0.4) is 0 Å². The summed E-state index contributed by atoms with van der Waals surface area (Å²) in [5.41, 5.74) is 0.554. The topological polar surface area (TPSA) is 50.9 Å². The summed E-state index contributed by atoms with van der Waals surface area (Å²) < 4.78 is 14.9. The third-order valence-electron chi connectivity index (χ3n) is 2.29. The van der Waals surface area contributed by atoms with Gasteiger partial charge in [-0.1, -0.05) is 0 Å². The Bertz CT molecular complexity index is 527. The van der Waals surface area contributed by atoms with E-state index < -0.39 is 6.10 Å². The van der Waals surface area contributed by atoms with Crippen LogP contribution >= 0.6 is 11.8 Å². The van der Waals surface area contributed by atoms with E-state index in [-0.39, 0.29) is 5.82 Å². The zero-order valence-electron chi connectivity index (χ0n) is 9.46. The van der Waals surface area contributed by atoms with Gasteiger partial charge in [0, 0.05) is 11.9 Å². The van der Waals surface area contributed by atoms with Gasteiger partial charge in [0.25, 0.3) is 0 Å². The van der Waals surface area contributed by atoms with E-state index in [1.807, 2.05) is 7.05 Å². The Morgan fingerprint density at radius 1 is 1.47 bits per heavy atom. The van der Waals surface area contributed by atoms with Gasteiger partial charge in [0.15, 0.2) is 5.16 Å².